The molecule has 1 aromatic heterocycles. The van der Waals surface area contributed by atoms with Crippen molar-refractivity contribution in [2.24, 2.45) is 0 Å². The molecule has 0 bridgehead atoms. The van der Waals surface area contributed by atoms with Crippen LogP contribution in [0.25, 0.3) is 5.69 Å². The van der Waals surface area contributed by atoms with Crippen molar-refractivity contribution in [1.82, 2.24) is 15.1 Å². The highest BCUT2D eigenvalue weighted by molar-refractivity contribution is 5.44. The number of halogens is 1. The Morgan fingerprint density at radius 2 is 2.05 bits per heavy atom. The Morgan fingerprint density at radius 3 is 2.67 bits per heavy atom. The van der Waals surface area contributed by atoms with Crippen LogP contribution >= 0.6 is 0 Å². The summed E-state index contributed by atoms with van der Waals surface area (Å²) in [5.74, 6) is -0.161. The second-order valence-electron chi connectivity index (χ2n) is 5.81. The molecule has 1 fully saturated rings. The molecule has 0 atom stereocenters. The first-order chi connectivity index (χ1) is 10.1. The highest BCUT2D eigenvalue weighted by Crippen LogP contribution is 2.25. The van der Waals surface area contributed by atoms with Gasteiger partial charge in [-0.1, -0.05) is 13.0 Å². The van der Waals surface area contributed by atoms with Crippen molar-refractivity contribution < 1.29 is 4.39 Å². The molecule has 112 valence electrons. The van der Waals surface area contributed by atoms with E-state index in [-0.39, 0.29) is 5.82 Å². The average Bonchev–Trinajstić information content (AvgIpc) is 3.23. The Hall–Kier alpha value is -1.68. The molecule has 21 heavy (non-hydrogen) atoms. The number of rotatable bonds is 5. The van der Waals surface area contributed by atoms with Crippen molar-refractivity contribution in [3.8, 4) is 5.69 Å². The third-order valence-electron chi connectivity index (χ3n) is 4.26. The van der Waals surface area contributed by atoms with Crippen LogP contribution in [0.2, 0.25) is 0 Å². The molecule has 0 unspecified atom stereocenters. The Balaban J connectivity index is 2.02. The van der Waals surface area contributed by atoms with Crippen LogP contribution in [0.4, 0.5) is 4.39 Å². The quantitative estimate of drug-likeness (QED) is 0.913. The van der Waals surface area contributed by atoms with E-state index in [1.807, 2.05) is 17.7 Å². The van der Waals surface area contributed by atoms with Crippen molar-refractivity contribution in [1.29, 1.82) is 0 Å². The maximum absolute atomic E-state index is 14.2. The lowest BCUT2D eigenvalue weighted by molar-refractivity contribution is 0.582. The molecule has 0 aliphatic heterocycles. The van der Waals surface area contributed by atoms with Crippen LogP contribution in [-0.4, -0.2) is 15.8 Å². The monoisotopic (exact) mass is 287 g/mol. The van der Waals surface area contributed by atoms with Crippen LogP contribution in [0.3, 0.4) is 0 Å². The van der Waals surface area contributed by atoms with E-state index >= 15 is 0 Å². The number of hydrogen-bond donors (Lipinski definition) is 1. The van der Waals surface area contributed by atoms with E-state index in [9.17, 15) is 4.39 Å². The van der Waals surface area contributed by atoms with Gasteiger partial charge in [-0.15, -0.1) is 0 Å². The summed E-state index contributed by atoms with van der Waals surface area (Å²) < 4.78 is 16.1. The van der Waals surface area contributed by atoms with Crippen molar-refractivity contribution in [2.45, 2.75) is 52.6 Å². The zero-order chi connectivity index (χ0) is 15.0. The molecule has 1 aromatic carbocycles. The standard InChI is InChI=1S/C17H22FN3/c1-4-14-11(2)20-21(12(14)3)17-7-5-6-16(18)15(17)10-19-13-8-9-13/h5-7,13,19H,4,8-10H2,1-3H3. The van der Waals surface area contributed by atoms with Gasteiger partial charge in [0.05, 0.1) is 11.4 Å². The maximum atomic E-state index is 14.2. The molecule has 0 radical (unpaired) electrons. The van der Waals surface area contributed by atoms with Gasteiger partial charge in [0.2, 0.25) is 0 Å². The lowest BCUT2D eigenvalue weighted by Crippen LogP contribution is -2.18. The largest absolute Gasteiger partial charge is 0.310 e. The summed E-state index contributed by atoms with van der Waals surface area (Å²) in [5.41, 5.74) is 4.94. The second-order valence-corrected chi connectivity index (χ2v) is 5.81. The van der Waals surface area contributed by atoms with E-state index in [2.05, 4.69) is 24.3 Å². The fourth-order valence-electron chi connectivity index (χ4n) is 2.88. The highest BCUT2D eigenvalue weighted by atomic mass is 19.1. The van der Waals surface area contributed by atoms with Gasteiger partial charge in [-0.05, 0) is 50.8 Å². The Morgan fingerprint density at radius 1 is 1.29 bits per heavy atom. The first kappa shape index (κ1) is 14.3. The van der Waals surface area contributed by atoms with Gasteiger partial charge in [0.25, 0.3) is 0 Å². The van der Waals surface area contributed by atoms with Crippen molar-refractivity contribution in [2.75, 3.05) is 0 Å². The molecule has 1 N–H and O–H groups in total. The highest BCUT2D eigenvalue weighted by Gasteiger charge is 2.22. The SMILES string of the molecule is CCc1c(C)nn(-c2cccc(F)c2CNC2CC2)c1C. The number of aryl methyl sites for hydroxylation is 1. The number of nitrogens with zero attached hydrogens (tertiary/aromatic N) is 2. The summed E-state index contributed by atoms with van der Waals surface area (Å²) in [6.45, 7) is 6.76. The summed E-state index contributed by atoms with van der Waals surface area (Å²) in [6, 6.07) is 5.79. The molecule has 0 amide bonds. The maximum Gasteiger partial charge on any atom is 0.129 e. The molecule has 0 spiro atoms. The van der Waals surface area contributed by atoms with Gasteiger partial charge in [-0.2, -0.15) is 5.10 Å². The summed E-state index contributed by atoms with van der Waals surface area (Å²) in [5, 5.41) is 8.02. The van der Waals surface area contributed by atoms with Gasteiger partial charge in [0.1, 0.15) is 5.82 Å². The van der Waals surface area contributed by atoms with Gasteiger partial charge in [-0.25, -0.2) is 9.07 Å². The van der Waals surface area contributed by atoms with Gasteiger partial charge >= 0.3 is 0 Å². The summed E-state index contributed by atoms with van der Waals surface area (Å²) in [4.78, 5) is 0. The second kappa shape index (κ2) is 5.60. The van der Waals surface area contributed by atoms with Gasteiger partial charge in [0, 0.05) is 23.8 Å². The lowest BCUT2D eigenvalue weighted by Gasteiger charge is -2.13. The zero-order valence-corrected chi connectivity index (χ0v) is 12.9. The Bertz CT molecular complexity index is 656. The Labute approximate surface area is 125 Å². The lowest BCUT2D eigenvalue weighted by atomic mass is 10.1. The van der Waals surface area contributed by atoms with Crippen LogP contribution in [0, 0.1) is 19.7 Å². The molecule has 1 aliphatic rings. The fraction of sp³-hybridized carbons (Fsp3) is 0.471. The number of nitrogens with one attached hydrogen (secondary N) is 1. The number of hydrogen-bond acceptors (Lipinski definition) is 2. The zero-order valence-electron chi connectivity index (χ0n) is 12.9. The minimum Gasteiger partial charge on any atom is -0.310 e. The molecule has 0 saturated heterocycles. The van der Waals surface area contributed by atoms with Crippen molar-refractivity contribution >= 4 is 0 Å². The average molecular weight is 287 g/mol. The molecule has 1 heterocycles. The molecule has 3 rings (SSSR count). The molecule has 4 heteroatoms. The summed E-state index contributed by atoms with van der Waals surface area (Å²) in [7, 11) is 0. The molecule has 1 saturated carbocycles. The van der Waals surface area contributed by atoms with Crippen LogP contribution < -0.4 is 5.32 Å². The predicted molar refractivity (Wildman–Crippen MR) is 82.2 cm³/mol. The number of benzene rings is 1. The topological polar surface area (TPSA) is 29.9 Å². The molecule has 3 nitrogen and oxygen atoms in total. The molecular weight excluding hydrogens is 265 g/mol. The first-order valence-electron chi connectivity index (χ1n) is 7.68. The summed E-state index contributed by atoms with van der Waals surface area (Å²) >= 11 is 0. The van der Waals surface area contributed by atoms with Crippen molar-refractivity contribution in [3.63, 3.8) is 0 Å². The van der Waals surface area contributed by atoms with Crippen LogP contribution in [0.5, 0.6) is 0 Å². The Kier molecular flexibility index (Phi) is 3.81. The van der Waals surface area contributed by atoms with E-state index < -0.39 is 0 Å². The summed E-state index contributed by atoms with van der Waals surface area (Å²) in [6.07, 6.45) is 3.34. The third kappa shape index (κ3) is 2.72. The van der Waals surface area contributed by atoms with E-state index in [1.165, 1.54) is 24.5 Å². The van der Waals surface area contributed by atoms with Crippen LogP contribution in [0.1, 0.15) is 42.3 Å². The van der Waals surface area contributed by atoms with Crippen molar-refractivity contribution in [3.05, 3.63) is 46.5 Å². The van der Waals surface area contributed by atoms with Crippen LogP contribution in [0.15, 0.2) is 18.2 Å². The van der Waals surface area contributed by atoms with Gasteiger partial charge < -0.3 is 5.32 Å². The van der Waals surface area contributed by atoms with E-state index in [0.29, 0.717) is 18.2 Å². The van der Waals surface area contributed by atoms with Crippen LogP contribution in [-0.2, 0) is 13.0 Å². The van der Waals surface area contributed by atoms with E-state index in [1.54, 1.807) is 6.07 Å². The van der Waals surface area contributed by atoms with Gasteiger partial charge in [0.15, 0.2) is 0 Å². The minimum atomic E-state index is -0.161. The van der Waals surface area contributed by atoms with E-state index in [0.717, 1.165) is 23.5 Å². The van der Waals surface area contributed by atoms with E-state index in [4.69, 9.17) is 0 Å². The number of aromatic nitrogens is 2. The fourth-order valence-corrected chi connectivity index (χ4v) is 2.88. The minimum absolute atomic E-state index is 0.161. The predicted octanol–water partition coefficient (Wildman–Crippen LogP) is 3.44. The molecular formula is C17H22FN3. The first-order valence-corrected chi connectivity index (χ1v) is 7.68. The third-order valence-corrected chi connectivity index (χ3v) is 4.26. The smallest absolute Gasteiger partial charge is 0.129 e. The molecule has 2 aromatic rings. The van der Waals surface area contributed by atoms with Gasteiger partial charge in [-0.3, -0.25) is 0 Å². The normalized spacial score (nSPS) is 14.7. The molecule has 1 aliphatic carbocycles.